The fourth-order valence-electron chi connectivity index (χ4n) is 1.67. The van der Waals surface area contributed by atoms with Crippen LogP contribution in [0.2, 0.25) is 30.8 Å². The van der Waals surface area contributed by atoms with Crippen molar-refractivity contribution in [2.24, 2.45) is 0 Å². The van der Waals surface area contributed by atoms with E-state index in [0.717, 1.165) is 27.3 Å². The fourth-order valence-corrected chi connectivity index (χ4v) is 3.38. The molecule has 2 rings (SSSR count). The van der Waals surface area contributed by atoms with Crippen LogP contribution in [0.25, 0.3) is 10.9 Å². The predicted octanol–water partition coefficient (Wildman–Crippen LogP) is 4.00. The van der Waals surface area contributed by atoms with E-state index >= 15 is 0 Å². The molecule has 0 spiro atoms. The molecule has 0 saturated carbocycles. The Bertz CT molecular complexity index is 582. The molecule has 2 aromatic rings. The molecule has 0 aliphatic rings. The van der Waals surface area contributed by atoms with Crippen LogP contribution < -0.4 is 0 Å². The maximum atomic E-state index is 6.14. The lowest BCUT2D eigenvalue weighted by Gasteiger charge is -2.15. The normalized spacial score (nSPS) is 12.3. The molecule has 7 heteroatoms. The number of hydrogen-bond donors (Lipinski definition) is 0. The van der Waals surface area contributed by atoms with Crippen LogP contribution >= 0.6 is 34.2 Å². The number of nitrogens with zero attached hydrogens (tertiary/aromatic N) is 3. The van der Waals surface area contributed by atoms with Crippen molar-refractivity contribution in [1.82, 2.24) is 14.8 Å². The summed E-state index contributed by atoms with van der Waals surface area (Å²) >= 11 is 8.34. The maximum Gasteiger partial charge on any atom is 0.155 e. The largest absolute Gasteiger partial charge is 0.360 e. The van der Waals surface area contributed by atoms with E-state index in [-0.39, 0.29) is 0 Å². The number of hydrogen-bond acceptors (Lipinski definition) is 3. The SMILES string of the molecule is C[Si](C)(C)CCOCn1nc(I)c2ccnc(Cl)c21. The molecular weight excluding hydrogens is 393 g/mol. The van der Waals surface area contributed by atoms with Crippen molar-refractivity contribution >= 4 is 53.2 Å². The van der Waals surface area contributed by atoms with Crippen molar-refractivity contribution in [2.75, 3.05) is 6.61 Å². The zero-order valence-electron chi connectivity index (χ0n) is 11.3. The first kappa shape index (κ1) is 15.2. The Morgan fingerprint density at radius 3 is 2.84 bits per heavy atom. The Kier molecular flexibility index (Phi) is 4.86. The minimum Gasteiger partial charge on any atom is -0.360 e. The van der Waals surface area contributed by atoms with E-state index in [1.54, 1.807) is 10.9 Å². The van der Waals surface area contributed by atoms with Gasteiger partial charge in [-0.3, -0.25) is 0 Å². The zero-order valence-corrected chi connectivity index (χ0v) is 15.2. The number of rotatable bonds is 5. The third-order valence-corrected chi connectivity index (χ3v) is 5.56. The molecule has 0 aliphatic heterocycles. The Balaban J connectivity index is 2.09. The van der Waals surface area contributed by atoms with Crippen molar-refractivity contribution in [3.8, 4) is 0 Å². The molecule has 0 fully saturated rings. The molecule has 0 bridgehead atoms. The number of fused-ring (bicyclic) bond motifs is 1. The summed E-state index contributed by atoms with van der Waals surface area (Å²) in [6.45, 7) is 8.21. The van der Waals surface area contributed by atoms with E-state index in [1.165, 1.54) is 0 Å². The summed E-state index contributed by atoms with van der Waals surface area (Å²) in [4.78, 5) is 4.10. The van der Waals surface area contributed by atoms with Crippen LogP contribution in [0, 0.1) is 3.70 Å². The average Bonchev–Trinajstić information content (AvgIpc) is 2.62. The van der Waals surface area contributed by atoms with Gasteiger partial charge in [0.15, 0.2) is 5.15 Å². The van der Waals surface area contributed by atoms with Gasteiger partial charge in [0, 0.05) is 26.3 Å². The smallest absolute Gasteiger partial charge is 0.155 e. The first-order valence-corrected chi connectivity index (χ1v) is 11.3. The third kappa shape index (κ3) is 3.90. The van der Waals surface area contributed by atoms with Crippen LogP contribution in [0.15, 0.2) is 12.3 Å². The molecule has 2 heterocycles. The van der Waals surface area contributed by atoms with Gasteiger partial charge in [0.25, 0.3) is 0 Å². The van der Waals surface area contributed by atoms with E-state index in [0.29, 0.717) is 11.9 Å². The number of ether oxygens (including phenoxy) is 1. The van der Waals surface area contributed by atoms with Gasteiger partial charge in [-0.2, -0.15) is 5.10 Å². The van der Waals surface area contributed by atoms with Gasteiger partial charge in [-0.25, -0.2) is 9.67 Å². The van der Waals surface area contributed by atoms with Gasteiger partial charge < -0.3 is 4.74 Å². The predicted molar refractivity (Wildman–Crippen MR) is 89.4 cm³/mol. The van der Waals surface area contributed by atoms with Crippen molar-refractivity contribution in [3.63, 3.8) is 0 Å². The molecule has 0 amide bonds. The zero-order chi connectivity index (χ0) is 14.0. The van der Waals surface area contributed by atoms with E-state index in [9.17, 15) is 0 Å². The molecule has 0 saturated heterocycles. The topological polar surface area (TPSA) is 39.9 Å². The standard InChI is InChI=1S/C12H17ClIN3OSi/c1-19(2,3)7-6-18-8-17-10-9(12(14)16-17)4-5-15-11(10)13/h4-5H,6-8H2,1-3H3. The highest BCUT2D eigenvalue weighted by Gasteiger charge is 2.14. The molecule has 4 nitrogen and oxygen atoms in total. The summed E-state index contributed by atoms with van der Waals surface area (Å²) in [5.41, 5.74) is 0.849. The van der Waals surface area contributed by atoms with Gasteiger partial charge in [0.05, 0.1) is 0 Å². The molecule has 0 N–H and O–H groups in total. The number of aromatic nitrogens is 3. The van der Waals surface area contributed by atoms with Gasteiger partial charge >= 0.3 is 0 Å². The first-order valence-electron chi connectivity index (χ1n) is 6.13. The first-order chi connectivity index (χ1) is 8.88. The second-order valence-corrected chi connectivity index (χ2v) is 12.6. The summed E-state index contributed by atoms with van der Waals surface area (Å²) in [6, 6.07) is 3.07. The lowest BCUT2D eigenvalue weighted by atomic mass is 10.3. The van der Waals surface area contributed by atoms with Gasteiger partial charge in [0.2, 0.25) is 0 Å². The van der Waals surface area contributed by atoms with Crippen LogP contribution in [0.5, 0.6) is 0 Å². The van der Waals surface area contributed by atoms with Crippen molar-refractivity contribution in [1.29, 1.82) is 0 Å². The molecule has 0 unspecified atom stereocenters. The van der Waals surface area contributed by atoms with Crippen LogP contribution in [0.3, 0.4) is 0 Å². The molecule has 2 aromatic heterocycles. The lowest BCUT2D eigenvalue weighted by Crippen LogP contribution is -2.22. The molecule has 0 atom stereocenters. The van der Waals surface area contributed by atoms with Crippen LogP contribution in [-0.2, 0) is 11.5 Å². The molecule has 0 aromatic carbocycles. The quantitative estimate of drug-likeness (QED) is 0.324. The van der Waals surface area contributed by atoms with Gasteiger partial charge in [-0.05, 0) is 34.7 Å². The van der Waals surface area contributed by atoms with E-state index in [2.05, 4.69) is 52.3 Å². The average molecular weight is 410 g/mol. The van der Waals surface area contributed by atoms with Crippen LogP contribution in [0.1, 0.15) is 0 Å². The third-order valence-electron chi connectivity index (χ3n) is 2.78. The van der Waals surface area contributed by atoms with Crippen LogP contribution in [-0.4, -0.2) is 29.4 Å². The van der Waals surface area contributed by atoms with E-state index in [4.69, 9.17) is 16.3 Å². The van der Waals surface area contributed by atoms with E-state index < -0.39 is 8.07 Å². The molecule has 19 heavy (non-hydrogen) atoms. The molecule has 0 aliphatic carbocycles. The van der Waals surface area contributed by atoms with Gasteiger partial charge in [-0.1, -0.05) is 31.2 Å². The lowest BCUT2D eigenvalue weighted by molar-refractivity contribution is 0.0814. The number of pyridine rings is 1. The molecular formula is C12H17ClIN3OSi. The summed E-state index contributed by atoms with van der Waals surface area (Å²) in [7, 11) is -1.05. The molecule has 0 radical (unpaired) electrons. The van der Waals surface area contributed by atoms with Gasteiger partial charge in [-0.15, -0.1) is 0 Å². The highest BCUT2D eigenvalue weighted by atomic mass is 127. The minimum atomic E-state index is -1.05. The summed E-state index contributed by atoms with van der Waals surface area (Å²) in [5.74, 6) is 0. The second-order valence-electron chi connectivity index (χ2n) is 5.64. The highest BCUT2D eigenvalue weighted by molar-refractivity contribution is 14.1. The number of halogens is 2. The van der Waals surface area contributed by atoms with E-state index in [1.807, 2.05) is 6.07 Å². The minimum absolute atomic E-state index is 0.426. The Morgan fingerprint density at radius 2 is 2.16 bits per heavy atom. The maximum absolute atomic E-state index is 6.14. The molecule has 104 valence electrons. The van der Waals surface area contributed by atoms with Crippen molar-refractivity contribution in [2.45, 2.75) is 32.4 Å². The summed E-state index contributed by atoms with van der Waals surface area (Å²) in [5, 5.41) is 5.95. The summed E-state index contributed by atoms with van der Waals surface area (Å²) < 4.78 is 8.43. The fraction of sp³-hybridized carbons (Fsp3) is 0.500. The highest BCUT2D eigenvalue weighted by Crippen LogP contribution is 2.25. The van der Waals surface area contributed by atoms with Gasteiger partial charge in [0.1, 0.15) is 15.9 Å². The van der Waals surface area contributed by atoms with Crippen molar-refractivity contribution in [3.05, 3.63) is 21.1 Å². The summed E-state index contributed by atoms with van der Waals surface area (Å²) in [6.07, 6.45) is 1.70. The van der Waals surface area contributed by atoms with Crippen molar-refractivity contribution < 1.29 is 4.74 Å². The Hall–Kier alpha value is -0.183. The monoisotopic (exact) mass is 409 g/mol. The van der Waals surface area contributed by atoms with Crippen LogP contribution in [0.4, 0.5) is 0 Å². The Morgan fingerprint density at radius 1 is 1.42 bits per heavy atom. The second kappa shape index (κ2) is 6.07. The Labute approximate surface area is 132 Å².